The molecule has 1 saturated heterocycles. The second-order valence-electron chi connectivity index (χ2n) is 2.80. The predicted molar refractivity (Wildman–Crippen MR) is 36.6 cm³/mol. The van der Waals surface area contributed by atoms with Gasteiger partial charge in [0.1, 0.15) is 6.10 Å². The summed E-state index contributed by atoms with van der Waals surface area (Å²) in [6.07, 6.45) is -1.90. The maximum absolute atomic E-state index is 9.35. The first kappa shape index (κ1) is 8.89. The van der Waals surface area contributed by atoms with Crippen molar-refractivity contribution < 1.29 is 20.1 Å². The van der Waals surface area contributed by atoms with E-state index in [0.717, 1.165) is 0 Å². The fraction of sp³-hybridized carbons (Fsp3) is 1.00. The van der Waals surface area contributed by atoms with Gasteiger partial charge < -0.3 is 25.8 Å². The average molecular weight is 163 g/mol. The third-order valence-electron chi connectivity index (χ3n) is 1.81. The fourth-order valence-electron chi connectivity index (χ4n) is 1.02. The number of ether oxygens (including phenoxy) is 1. The average Bonchev–Trinajstić information content (AvgIpc) is 1.98. The Hall–Kier alpha value is -0.200. The summed E-state index contributed by atoms with van der Waals surface area (Å²) in [4.78, 5) is 0. The number of hydrogen-bond acceptors (Lipinski definition) is 5. The van der Waals surface area contributed by atoms with E-state index in [1.165, 1.54) is 0 Å². The number of aliphatic hydroxyl groups is 3. The van der Waals surface area contributed by atoms with Crippen molar-refractivity contribution in [2.75, 3.05) is 13.2 Å². The quantitative estimate of drug-likeness (QED) is 0.351. The van der Waals surface area contributed by atoms with E-state index in [1.807, 2.05) is 0 Å². The highest BCUT2D eigenvalue weighted by Gasteiger charge is 2.37. The SMILES string of the molecule is NCC1(O)CC(O)C(O)CO1. The van der Waals surface area contributed by atoms with Crippen LogP contribution in [0.1, 0.15) is 6.42 Å². The lowest BCUT2D eigenvalue weighted by atomic mass is 10.0. The van der Waals surface area contributed by atoms with Crippen LogP contribution in [0.5, 0.6) is 0 Å². The molecular formula is C6H13NO4. The Labute approximate surface area is 64.4 Å². The molecule has 0 aromatic carbocycles. The molecule has 11 heavy (non-hydrogen) atoms. The van der Waals surface area contributed by atoms with Crippen LogP contribution in [0, 0.1) is 0 Å². The van der Waals surface area contributed by atoms with Crippen molar-refractivity contribution in [3.63, 3.8) is 0 Å². The van der Waals surface area contributed by atoms with E-state index < -0.39 is 18.0 Å². The van der Waals surface area contributed by atoms with Crippen molar-refractivity contribution in [2.45, 2.75) is 24.4 Å². The van der Waals surface area contributed by atoms with Gasteiger partial charge in [0.05, 0.1) is 12.7 Å². The van der Waals surface area contributed by atoms with Gasteiger partial charge in [0.15, 0.2) is 5.79 Å². The molecule has 0 saturated carbocycles. The van der Waals surface area contributed by atoms with Crippen molar-refractivity contribution >= 4 is 0 Å². The Morgan fingerprint density at radius 3 is 2.55 bits per heavy atom. The van der Waals surface area contributed by atoms with Gasteiger partial charge in [-0.1, -0.05) is 0 Å². The summed E-state index contributed by atoms with van der Waals surface area (Å²) < 4.78 is 4.82. The Kier molecular flexibility index (Phi) is 2.46. The summed E-state index contributed by atoms with van der Waals surface area (Å²) in [6, 6.07) is 0. The van der Waals surface area contributed by atoms with Crippen LogP contribution < -0.4 is 5.73 Å². The Balaban J connectivity index is 2.51. The van der Waals surface area contributed by atoms with Crippen LogP contribution in [-0.4, -0.2) is 46.5 Å². The van der Waals surface area contributed by atoms with E-state index in [0.29, 0.717) is 0 Å². The molecule has 0 radical (unpaired) electrons. The van der Waals surface area contributed by atoms with Crippen LogP contribution in [0.4, 0.5) is 0 Å². The Morgan fingerprint density at radius 2 is 2.09 bits per heavy atom. The van der Waals surface area contributed by atoms with E-state index in [-0.39, 0.29) is 19.6 Å². The molecule has 1 aliphatic heterocycles. The molecule has 5 heteroatoms. The Bertz CT molecular complexity index is 143. The molecule has 0 spiro atoms. The molecule has 1 heterocycles. The molecule has 1 aliphatic rings. The molecule has 5 nitrogen and oxygen atoms in total. The summed E-state index contributed by atoms with van der Waals surface area (Å²) >= 11 is 0. The van der Waals surface area contributed by atoms with Gasteiger partial charge in [-0.05, 0) is 0 Å². The maximum atomic E-state index is 9.35. The molecule has 66 valence electrons. The molecule has 1 fully saturated rings. The molecule has 0 aliphatic carbocycles. The van der Waals surface area contributed by atoms with Crippen molar-refractivity contribution in [2.24, 2.45) is 5.73 Å². The number of rotatable bonds is 1. The van der Waals surface area contributed by atoms with Gasteiger partial charge in [0.2, 0.25) is 0 Å². The first-order valence-electron chi connectivity index (χ1n) is 3.50. The van der Waals surface area contributed by atoms with Crippen molar-refractivity contribution in [1.82, 2.24) is 0 Å². The van der Waals surface area contributed by atoms with Crippen LogP contribution in [0.15, 0.2) is 0 Å². The van der Waals surface area contributed by atoms with Crippen LogP contribution in [0.2, 0.25) is 0 Å². The van der Waals surface area contributed by atoms with Crippen LogP contribution in [0.3, 0.4) is 0 Å². The first-order chi connectivity index (χ1) is 5.07. The smallest absolute Gasteiger partial charge is 0.180 e. The molecule has 3 atom stereocenters. The van der Waals surface area contributed by atoms with E-state index in [4.69, 9.17) is 20.7 Å². The molecule has 1 rings (SSSR count). The highest BCUT2D eigenvalue weighted by molar-refractivity contribution is 4.82. The normalized spacial score (nSPS) is 45.8. The second kappa shape index (κ2) is 3.04. The lowest BCUT2D eigenvalue weighted by Crippen LogP contribution is -2.53. The summed E-state index contributed by atoms with van der Waals surface area (Å²) in [5.41, 5.74) is 5.18. The zero-order valence-electron chi connectivity index (χ0n) is 6.10. The first-order valence-corrected chi connectivity index (χ1v) is 3.50. The van der Waals surface area contributed by atoms with Gasteiger partial charge in [-0.3, -0.25) is 0 Å². The molecule has 0 aromatic rings. The van der Waals surface area contributed by atoms with Crippen LogP contribution >= 0.6 is 0 Å². The molecule has 5 N–H and O–H groups in total. The second-order valence-corrected chi connectivity index (χ2v) is 2.80. The van der Waals surface area contributed by atoms with Crippen molar-refractivity contribution in [3.8, 4) is 0 Å². The van der Waals surface area contributed by atoms with Gasteiger partial charge >= 0.3 is 0 Å². The van der Waals surface area contributed by atoms with Gasteiger partial charge in [0.25, 0.3) is 0 Å². The fourth-order valence-corrected chi connectivity index (χ4v) is 1.02. The van der Waals surface area contributed by atoms with Crippen LogP contribution in [0.25, 0.3) is 0 Å². The molecular weight excluding hydrogens is 150 g/mol. The largest absolute Gasteiger partial charge is 0.390 e. The molecule has 0 bridgehead atoms. The Morgan fingerprint density at radius 1 is 1.45 bits per heavy atom. The third kappa shape index (κ3) is 1.88. The number of hydrogen-bond donors (Lipinski definition) is 4. The minimum Gasteiger partial charge on any atom is -0.390 e. The monoisotopic (exact) mass is 163 g/mol. The van der Waals surface area contributed by atoms with E-state index in [9.17, 15) is 5.11 Å². The van der Waals surface area contributed by atoms with Gasteiger partial charge in [-0.25, -0.2) is 0 Å². The van der Waals surface area contributed by atoms with E-state index in [2.05, 4.69) is 0 Å². The highest BCUT2D eigenvalue weighted by Crippen LogP contribution is 2.21. The minimum absolute atomic E-state index is 0.0370. The van der Waals surface area contributed by atoms with Crippen molar-refractivity contribution in [3.05, 3.63) is 0 Å². The van der Waals surface area contributed by atoms with Crippen molar-refractivity contribution in [1.29, 1.82) is 0 Å². The third-order valence-corrected chi connectivity index (χ3v) is 1.81. The maximum Gasteiger partial charge on any atom is 0.180 e. The zero-order chi connectivity index (χ0) is 8.48. The lowest BCUT2D eigenvalue weighted by Gasteiger charge is -2.36. The number of nitrogens with two attached hydrogens (primary N) is 1. The van der Waals surface area contributed by atoms with Crippen LogP contribution in [-0.2, 0) is 4.74 Å². The van der Waals surface area contributed by atoms with E-state index in [1.54, 1.807) is 0 Å². The predicted octanol–water partition coefficient (Wildman–Crippen LogP) is -2.22. The highest BCUT2D eigenvalue weighted by atomic mass is 16.6. The summed E-state index contributed by atoms with van der Waals surface area (Å²) in [5.74, 6) is -1.46. The topological polar surface area (TPSA) is 95.9 Å². The molecule has 0 aromatic heterocycles. The molecule has 0 amide bonds. The van der Waals surface area contributed by atoms with Gasteiger partial charge in [0, 0.05) is 13.0 Å². The number of aliphatic hydroxyl groups excluding tert-OH is 2. The van der Waals surface area contributed by atoms with E-state index >= 15 is 0 Å². The minimum atomic E-state index is -1.46. The van der Waals surface area contributed by atoms with Gasteiger partial charge in [-0.2, -0.15) is 0 Å². The summed E-state index contributed by atoms with van der Waals surface area (Å²) in [6.45, 7) is -0.147. The van der Waals surface area contributed by atoms with Gasteiger partial charge in [-0.15, -0.1) is 0 Å². The summed E-state index contributed by atoms with van der Waals surface area (Å²) in [5, 5.41) is 27.4. The summed E-state index contributed by atoms with van der Waals surface area (Å²) in [7, 11) is 0. The standard InChI is InChI=1S/C6H13NO4/c7-3-6(10)1-4(8)5(9)2-11-6/h4-5,8-10H,1-3,7H2. The zero-order valence-corrected chi connectivity index (χ0v) is 6.10. The molecule has 3 unspecified atom stereocenters. The lowest BCUT2D eigenvalue weighted by molar-refractivity contribution is -0.263.